The van der Waals surface area contributed by atoms with Gasteiger partial charge in [-0.05, 0) is 55.8 Å². The van der Waals surface area contributed by atoms with Crippen molar-refractivity contribution in [1.29, 1.82) is 0 Å². The fourth-order valence-electron chi connectivity index (χ4n) is 5.10. The maximum absolute atomic E-state index is 8.49. The smallest absolute Gasteiger partial charge is 0.209 e. The van der Waals surface area contributed by atoms with E-state index in [1.54, 1.807) is 0 Å². The molecule has 0 bridgehead atoms. The van der Waals surface area contributed by atoms with E-state index in [0.717, 1.165) is 8.95 Å². The van der Waals surface area contributed by atoms with Gasteiger partial charge in [-0.1, -0.05) is 76.1 Å². The van der Waals surface area contributed by atoms with Crippen molar-refractivity contribution in [3.63, 3.8) is 0 Å². The zero-order valence-corrected chi connectivity index (χ0v) is 26.1. The van der Waals surface area contributed by atoms with E-state index < -0.39 is 10.2 Å². The SMILES string of the molecule is CN1\C(=C/C=C/C=C/C=C/C2=[N+](C)c3ccc(Br)cc3C2(C)C)C(C)(C)c2cc(Br)ccc21.[O-][Cl+3]([O-])([O-])[O-]. The zero-order valence-electron chi connectivity index (χ0n) is 22.2. The molecule has 0 radical (unpaired) electrons. The molecule has 2 aromatic rings. The molecule has 0 saturated heterocycles. The molecule has 2 heterocycles. The molecule has 4 rings (SSSR count). The molecule has 0 N–H and O–H groups in total. The molecule has 2 aliphatic heterocycles. The summed E-state index contributed by atoms with van der Waals surface area (Å²) >= 11 is 7.23. The van der Waals surface area contributed by atoms with E-state index in [1.807, 2.05) is 0 Å². The zero-order chi connectivity index (χ0) is 28.5. The second kappa shape index (κ2) is 11.6. The highest BCUT2D eigenvalue weighted by atomic mass is 79.9. The molecular weight excluding hydrogens is 636 g/mol. The van der Waals surface area contributed by atoms with Gasteiger partial charge in [0.1, 0.15) is 7.05 Å². The van der Waals surface area contributed by atoms with Gasteiger partial charge in [0.2, 0.25) is 5.69 Å². The first-order valence-electron chi connectivity index (χ1n) is 11.8. The monoisotopic (exact) mass is 664 g/mol. The Kier molecular flexibility index (Phi) is 9.31. The topological polar surface area (TPSA) is 98.5 Å². The standard InChI is InChI=1S/C29H31Br2N2.ClHO4/c1-28(2)22-18-20(30)14-16-24(22)32(5)26(28)12-10-8-7-9-11-13-27-29(3,4)23-19-21(31)15-17-25(23)33(27)6;2-1(3,4)5/h7-19H,1-6H3;(H,2,3,4,5)/q+1;/p-1. The van der Waals surface area contributed by atoms with E-state index in [9.17, 15) is 0 Å². The minimum Gasteiger partial charge on any atom is -0.347 e. The van der Waals surface area contributed by atoms with Crippen molar-refractivity contribution in [2.75, 3.05) is 19.0 Å². The quantitative estimate of drug-likeness (QED) is 0.368. The predicted molar refractivity (Wildman–Crippen MR) is 149 cm³/mol. The van der Waals surface area contributed by atoms with E-state index in [1.165, 1.54) is 33.9 Å². The Morgan fingerprint density at radius 3 is 1.95 bits per heavy atom. The molecule has 9 heteroatoms. The summed E-state index contributed by atoms with van der Waals surface area (Å²) in [7, 11) is -0.652. The number of hydrogen-bond donors (Lipinski definition) is 0. The van der Waals surface area contributed by atoms with Crippen molar-refractivity contribution >= 4 is 48.9 Å². The van der Waals surface area contributed by atoms with Crippen molar-refractivity contribution in [3.8, 4) is 0 Å². The molecule has 0 aliphatic carbocycles. The first-order valence-corrected chi connectivity index (χ1v) is 14.7. The molecule has 202 valence electrons. The summed E-state index contributed by atoms with van der Waals surface area (Å²) in [6.45, 7) is 9.14. The Morgan fingerprint density at radius 1 is 0.789 bits per heavy atom. The third-order valence-electron chi connectivity index (χ3n) is 6.94. The van der Waals surface area contributed by atoms with E-state index in [2.05, 4.69) is 162 Å². The van der Waals surface area contributed by atoms with Crippen LogP contribution in [-0.2, 0) is 10.8 Å². The van der Waals surface area contributed by atoms with Gasteiger partial charge < -0.3 is 4.90 Å². The first kappa shape index (κ1) is 30.5. The molecule has 0 atom stereocenters. The lowest BCUT2D eigenvalue weighted by Crippen LogP contribution is -2.68. The third kappa shape index (κ3) is 6.74. The van der Waals surface area contributed by atoms with Gasteiger partial charge in [-0.2, -0.15) is 4.58 Å². The van der Waals surface area contributed by atoms with Gasteiger partial charge in [-0.25, -0.2) is 18.6 Å². The van der Waals surface area contributed by atoms with Crippen LogP contribution in [-0.4, -0.2) is 24.4 Å². The molecule has 2 aliphatic rings. The molecule has 0 amide bonds. The van der Waals surface area contributed by atoms with Crippen LogP contribution in [0.15, 0.2) is 93.6 Å². The molecule has 0 saturated carbocycles. The fraction of sp³-hybridized carbons (Fsp3) is 0.276. The number of fused-ring (bicyclic) bond motifs is 2. The summed E-state index contributed by atoms with van der Waals surface area (Å²) in [6, 6.07) is 13.1. The van der Waals surface area contributed by atoms with Crippen LogP contribution in [0.1, 0.15) is 38.8 Å². The normalized spacial score (nSPS) is 19.1. The molecule has 0 fully saturated rings. The van der Waals surface area contributed by atoms with E-state index in [0.29, 0.717) is 0 Å². The molecule has 0 unspecified atom stereocenters. The minimum absolute atomic E-state index is 0.0267. The largest absolute Gasteiger partial charge is 0.347 e. The lowest BCUT2D eigenvalue weighted by atomic mass is 9.81. The predicted octanol–water partition coefficient (Wildman–Crippen LogP) is 3.44. The average Bonchev–Trinajstić information content (AvgIpc) is 3.10. The van der Waals surface area contributed by atoms with Crippen LogP contribution in [0.2, 0.25) is 0 Å². The first-order chi connectivity index (χ1) is 17.5. The van der Waals surface area contributed by atoms with E-state index in [-0.39, 0.29) is 10.8 Å². The summed E-state index contributed by atoms with van der Waals surface area (Å²) in [5, 5.41) is 0. The second-order valence-corrected chi connectivity index (χ2v) is 12.7. The number of anilines is 1. The van der Waals surface area contributed by atoms with E-state index in [4.69, 9.17) is 18.6 Å². The van der Waals surface area contributed by atoms with Gasteiger partial charge in [-0.15, -0.1) is 10.2 Å². The maximum Gasteiger partial charge on any atom is 0.209 e. The van der Waals surface area contributed by atoms with Crippen molar-refractivity contribution in [2.24, 2.45) is 0 Å². The van der Waals surface area contributed by atoms with Crippen molar-refractivity contribution in [1.82, 2.24) is 0 Å². The van der Waals surface area contributed by atoms with Crippen LogP contribution in [0.3, 0.4) is 0 Å². The number of rotatable bonds is 4. The van der Waals surface area contributed by atoms with Crippen molar-refractivity contribution < 1.29 is 33.5 Å². The van der Waals surface area contributed by atoms with Crippen molar-refractivity contribution in [2.45, 2.75) is 38.5 Å². The third-order valence-corrected chi connectivity index (χ3v) is 7.93. The van der Waals surface area contributed by atoms with Gasteiger partial charge >= 0.3 is 0 Å². The van der Waals surface area contributed by atoms with Gasteiger partial charge in [0.25, 0.3) is 0 Å². The number of hydrogen-bond acceptors (Lipinski definition) is 5. The minimum atomic E-state index is -4.94. The lowest BCUT2D eigenvalue weighted by Gasteiger charge is -2.23. The summed E-state index contributed by atoms with van der Waals surface area (Å²) in [5.41, 5.74) is 7.79. The Hall–Kier alpha value is -2.04. The van der Waals surface area contributed by atoms with Crippen LogP contribution < -0.4 is 23.5 Å². The molecule has 38 heavy (non-hydrogen) atoms. The molecule has 0 aromatic heterocycles. The van der Waals surface area contributed by atoms with Crippen LogP contribution in [0, 0.1) is 10.2 Å². The lowest BCUT2D eigenvalue weighted by molar-refractivity contribution is -2.00. The number of likely N-dealkylation sites (N-methyl/N-ethyl adjacent to an activating group) is 1. The molecule has 2 aromatic carbocycles. The summed E-state index contributed by atoms with van der Waals surface area (Å²) in [6.07, 6.45) is 15.0. The number of nitrogens with zero attached hydrogens (tertiary/aromatic N) is 2. The number of allylic oxidation sites excluding steroid dienone is 8. The van der Waals surface area contributed by atoms with Crippen LogP contribution in [0.5, 0.6) is 0 Å². The second-order valence-electron chi connectivity index (χ2n) is 10.1. The highest BCUT2D eigenvalue weighted by Gasteiger charge is 2.42. The molecule has 6 nitrogen and oxygen atoms in total. The Morgan fingerprint density at radius 2 is 1.32 bits per heavy atom. The maximum atomic E-state index is 8.49. The summed E-state index contributed by atoms with van der Waals surface area (Å²) in [5.74, 6) is 0. The number of benzene rings is 2. The Labute approximate surface area is 243 Å². The van der Waals surface area contributed by atoms with Crippen LogP contribution in [0.25, 0.3) is 0 Å². The summed E-state index contributed by atoms with van der Waals surface area (Å²) in [4.78, 5) is 2.29. The molecular formula is C29H31Br2ClN2O4. The van der Waals surface area contributed by atoms with Gasteiger partial charge in [0, 0.05) is 50.5 Å². The highest BCUT2D eigenvalue weighted by Crippen LogP contribution is 2.47. The average molecular weight is 667 g/mol. The van der Waals surface area contributed by atoms with Crippen LogP contribution >= 0.6 is 31.9 Å². The highest BCUT2D eigenvalue weighted by molar-refractivity contribution is 9.10. The molecule has 0 spiro atoms. The Bertz CT molecular complexity index is 1360. The van der Waals surface area contributed by atoms with Gasteiger partial charge in [0.15, 0.2) is 5.71 Å². The fourth-order valence-corrected chi connectivity index (χ4v) is 5.82. The van der Waals surface area contributed by atoms with Crippen molar-refractivity contribution in [3.05, 3.63) is 105 Å². The van der Waals surface area contributed by atoms with Crippen LogP contribution in [0.4, 0.5) is 11.4 Å². The summed E-state index contributed by atoms with van der Waals surface area (Å²) < 4.78 is 38.5. The Balaban J connectivity index is 0.000000732. The van der Waals surface area contributed by atoms with Gasteiger partial charge in [-0.3, -0.25) is 0 Å². The van der Waals surface area contributed by atoms with Gasteiger partial charge in [0.05, 0.1) is 5.41 Å². The number of halogens is 3. The van der Waals surface area contributed by atoms with E-state index >= 15 is 0 Å².